The van der Waals surface area contributed by atoms with Crippen molar-refractivity contribution < 1.29 is 17.9 Å². The Hall–Kier alpha value is -2.39. The van der Waals surface area contributed by atoms with Crippen LogP contribution in [0.4, 0.5) is 0 Å². The second-order valence-corrected chi connectivity index (χ2v) is 9.39. The van der Waals surface area contributed by atoms with E-state index in [4.69, 9.17) is 4.74 Å². The molecule has 1 aromatic carbocycles. The van der Waals surface area contributed by atoms with E-state index in [1.54, 1.807) is 30.5 Å². The number of aromatic nitrogens is 2. The third-order valence-corrected chi connectivity index (χ3v) is 7.59. The van der Waals surface area contributed by atoms with Crippen LogP contribution in [-0.4, -0.2) is 66.1 Å². The fraction of sp³-hybridized carbons (Fsp3) is 0.524. The number of rotatable bonds is 6. The van der Waals surface area contributed by atoms with E-state index in [2.05, 4.69) is 5.10 Å². The van der Waals surface area contributed by atoms with Gasteiger partial charge in [0.05, 0.1) is 24.4 Å². The molecule has 3 rings (SSSR count). The summed E-state index contributed by atoms with van der Waals surface area (Å²) in [6, 6.07) is 7.51. The van der Waals surface area contributed by atoms with Gasteiger partial charge in [-0.25, -0.2) is 8.42 Å². The minimum Gasteiger partial charge on any atom is -0.494 e. The predicted molar refractivity (Wildman–Crippen MR) is 114 cm³/mol. The molecule has 0 bridgehead atoms. The van der Waals surface area contributed by atoms with Crippen molar-refractivity contribution in [1.82, 2.24) is 19.0 Å². The molecule has 1 amide bonds. The molecule has 0 atom stereocenters. The predicted octanol–water partition coefficient (Wildman–Crippen LogP) is 1.90. The number of sulfonamides is 1. The number of amides is 1. The molecule has 1 aliphatic heterocycles. The minimum atomic E-state index is -3.65. The summed E-state index contributed by atoms with van der Waals surface area (Å²) in [5, 5.41) is 4.24. The first-order valence-corrected chi connectivity index (χ1v) is 11.7. The molecule has 0 aliphatic carbocycles. The summed E-state index contributed by atoms with van der Waals surface area (Å²) in [4.78, 5) is 14.8. The van der Waals surface area contributed by atoms with Crippen LogP contribution in [0, 0.1) is 13.8 Å². The largest absolute Gasteiger partial charge is 0.494 e. The summed E-state index contributed by atoms with van der Waals surface area (Å²) in [5.74, 6) is 0.789. The summed E-state index contributed by atoms with van der Waals surface area (Å²) >= 11 is 0. The van der Waals surface area contributed by atoms with Crippen molar-refractivity contribution in [1.29, 1.82) is 0 Å². The van der Waals surface area contributed by atoms with Gasteiger partial charge in [0.2, 0.25) is 15.9 Å². The van der Waals surface area contributed by atoms with Crippen LogP contribution in [0.2, 0.25) is 0 Å². The van der Waals surface area contributed by atoms with Gasteiger partial charge in [-0.15, -0.1) is 0 Å². The zero-order valence-corrected chi connectivity index (χ0v) is 18.9. The molecule has 8 nitrogen and oxygen atoms in total. The summed E-state index contributed by atoms with van der Waals surface area (Å²) < 4.78 is 34.9. The van der Waals surface area contributed by atoms with E-state index in [1.165, 1.54) is 4.31 Å². The van der Waals surface area contributed by atoms with Crippen LogP contribution in [-0.2, 0) is 28.3 Å². The van der Waals surface area contributed by atoms with Crippen molar-refractivity contribution in [2.24, 2.45) is 7.05 Å². The van der Waals surface area contributed by atoms with Crippen LogP contribution in [0.5, 0.6) is 5.75 Å². The summed E-state index contributed by atoms with van der Waals surface area (Å²) in [6.45, 7) is 7.61. The summed E-state index contributed by atoms with van der Waals surface area (Å²) in [5.41, 5.74) is 2.04. The molecule has 1 aliphatic rings. The average molecular weight is 435 g/mol. The maximum Gasteiger partial charge on any atom is 0.246 e. The molecule has 0 radical (unpaired) electrons. The van der Waals surface area contributed by atoms with Gasteiger partial charge in [-0.2, -0.15) is 9.40 Å². The van der Waals surface area contributed by atoms with Crippen LogP contribution in [0.25, 0.3) is 0 Å². The van der Waals surface area contributed by atoms with Crippen molar-refractivity contribution >= 4 is 15.9 Å². The molecule has 9 heteroatoms. The Morgan fingerprint density at radius 3 is 2.40 bits per heavy atom. The molecular weight excluding hydrogens is 404 g/mol. The van der Waals surface area contributed by atoms with Gasteiger partial charge in [0, 0.05) is 33.2 Å². The third-order valence-electron chi connectivity index (χ3n) is 5.44. The first kappa shape index (κ1) is 22.3. The number of carbonyl (C=O) groups is 1. The van der Waals surface area contributed by atoms with Gasteiger partial charge >= 0.3 is 0 Å². The van der Waals surface area contributed by atoms with Crippen molar-refractivity contribution in [3.05, 3.63) is 41.2 Å². The molecule has 0 N–H and O–H groups in total. The molecule has 2 aromatic rings. The normalized spacial score (nSPS) is 15.8. The quantitative estimate of drug-likeness (QED) is 0.693. The van der Waals surface area contributed by atoms with E-state index in [9.17, 15) is 13.2 Å². The Morgan fingerprint density at radius 1 is 1.10 bits per heavy atom. The minimum absolute atomic E-state index is 0.00662. The van der Waals surface area contributed by atoms with Gasteiger partial charge in [0.1, 0.15) is 10.6 Å². The maximum absolute atomic E-state index is 13.2. The van der Waals surface area contributed by atoms with E-state index < -0.39 is 10.0 Å². The van der Waals surface area contributed by atoms with Gasteiger partial charge in [0.15, 0.2) is 0 Å². The average Bonchev–Trinajstić information content (AvgIpc) is 2.88. The lowest BCUT2D eigenvalue weighted by Gasteiger charge is -2.22. The Kier molecular flexibility index (Phi) is 6.82. The molecule has 1 saturated heterocycles. The van der Waals surface area contributed by atoms with E-state index in [-0.39, 0.29) is 17.3 Å². The van der Waals surface area contributed by atoms with Gasteiger partial charge in [0.25, 0.3) is 0 Å². The molecule has 0 unspecified atom stereocenters. The smallest absolute Gasteiger partial charge is 0.246 e. The molecule has 164 valence electrons. The second kappa shape index (κ2) is 9.18. The summed E-state index contributed by atoms with van der Waals surface area (Å²) in [7, 11) is -1.90. The van der Waals surface area contributed by atoms with Crippen LogP contribution >= 0.6 is 0 Å². The van der Waals surface area contributed by atoms with Crippen LogP contribution < -0.4 is 4.74 Å². The number of hydrogen-bond donors (Lipinski definition) is 0. The van der Waals surface area contributed by atoms with Crippen molar-refractivity contribution in [2.75, 3.05) is 32.8 Å². The Balaban J connectivity index is 1.66. The van der Waals surface area contributed by atoms with Gasteiger partial charge in [-0.3, -0.25) is 9.48 Å². The lowest BCUT2D eigenvalue weighted by atomic mass is 10.1. The van der Waals surface area contributed by atoms with E-state index >= 15 is 0 Å². The lowest BCUT2D eigenvalue weighted by molar-refractivity contribution is -0.130. The van der Waals surface area contributed by atoms with Crippen LogP contribution in [0.3, 0.4) is 0 Å². The highest BCUT2D eigenvalue weighted by atomic mass is 32.2. The number of hydrogen-bond acceptors (Lipinski definition) is 5. The molecule has 1 fully saturated rings. The zero-order chi connectivity index (χ0) is 21.9. The molecule has 0 saturated carbocycles. The SMILES string of the molecule is CCOc1ccc(CC(=O)N2CCCN(S(=O)(=O)c3c(C)nn(C)c3C)CC2)cc1. The molecular formula is C21H30N4O4S. The van der Waals surface area contributed by atoms with Crippen molar-refractivity contribution in [3.8, 4) is 5.75 Å². The lowest BCUT2D eigenvalue weighted by Crippen LogP contribution is -2.38. The van der Waals surface area contributed by atoms with Crippen LogP contribution in [0.15, 0.2) is 29.2 Å². The van der Waals surface area contributed by atoms with E-state index in [1.807, 2.05) is 31.2 Å². The first-order valence-electron chi connectivity index (χ1n) is 10.2. The molecule has 1 aromatic heterocycles. The highest BCUT2D eigenvalue weighted by Crippen LogP contribution is 2.24. The number of benzene rings is 1. The Labute approximate surface area is 178 Å². The van der Waals surface area contributed by atoms with E-state index in [0.29, 0.717) is 50.5 Å². The fourth-order valence-electron chi connectivity index (χ4n) is 3.80. The second-order valence-electron chi connectivity index (χ2n) is 7.52. The standard InChI is InChI=1S/C21H30N4O4S/c1-5-29-19-9-7-18(8-10-19)15-20(26)24-11-6-12-25(14-13-24)30(27,28)21-16(2)22-23(4)17(21)3/h7-10H,5-6,11-15H2,1-4H3. The fourth-order valence-corrected chi connectivity index (χ4v) is 5.67. The maximum atomic E-state index is 13.2. The van der Waals surface area contributed by atoms with Crippen LogP contribution in [0.1, 0.15) is 30.3 Å². The zero-order valence-electron chi connectivity index (χ0n) is 18.1. The molecule has 30 heavy (non-hydrogen) atoms. The first-order chi connectivity index (χ1) is 14.2. The topological polar surface area (TPSA) is 84.7 Å². The number of aryl methyl sites for hydroxylation is 2. The van der Waals surface area contributed by atoms with Crippen molar-refractivity contribution in [3.63, 3.8) is 0 Å². The summed E-state index contributed by atoms with van der Waals surface area (Å²) in [6.07, 6.45) is 0.895. The third kappa shape index (κ3) is 4.67. The highest BCUT2D eigenvalue weighted by Gasteiger charge is 2.32. The number of nitrogens with zero attached hydrogens (tertiary/aromatic N) is 4. The highest BCUT2D eigenvalue weighted by molar-refractivity contribution is 7.89. The number of ether oxygens (including phenoxy) is 1. The van der Waals surface area contributed by atoms with Crippen molar-refractivity contribution in [2.45, 2.75) is 38.5 Å². The molecule has 2 heterocycles. The molecule has 0 spiro atoms. The van der Waals surface area contributed by atoms with Gasteiger partial charge in [-0.1, -0.05) is 12.1 Å². The Morgan fingerprint density at radius 2 is 1.80 bits per heavy atom. The number of carbonyl (C=O) groups excluding carboxylic acids is 1. The monoisotopic (exact) mass is 434 g/mol. The van der Waals surface area contributed by atoms with Gasteiger partial charge in [-0.05, 0) is 44.9 Å². The van der Waals surface area contributed by atoms with Gasteiger partial charge < -0.3 is 9.64 Å². The van der Waals surface area contributed by atoms with E-state index in [0.717, 1.165) is 11.3 Å². The Bertz CT molecular complexity index is 999.